The van der Waals surface area contributed by atoms with E-state index in [2.05, 4.69) is 10.6 Å². The Kier molecular flexibility index (Phi) is 6.49. The molecule has 1 fully saturated rings. The molecule has 2 aromatic rings. The average molecular weight is 383 g/mol. The Labute approximate surface area is 164 Å². The molecule has 0 aliphatic heterocycles. The molecule has 0 atom stereocenters. The molecule has 0 saturated heterocycles. The summed E-state index contributed by atoms with van der Waals surface area (Å²) >= 11 is 0. The van der Waals surface area contributed by atoms with Crippen LogP contribution in [0, 0.1) is 0 Å². The van der Waals surface area contributed by atoms with Gasteiger partial charge < -0.3 is 20.5 Å². The van der Waals surface area contributed by atoms with Gasteiger partial charge in [-0.05, 0) is 43.7 Å². The van der Waals surface area contributed by atoms with Gasteiger partial charge in [-0.25, -0.2) is 4.79 Å². The van der Waals surface area contributed by atoms with Crippen LogP contribution in [0.25, 0.3) is 0 Å². The number of anilines is 1. The standard InChI is InChI=1S/C21H25N3O4/c1-2-24(14-20(25)26)16-12-15(13-16)22-21(27)23-18-10-6-7-11-19(18)28-17-8-4-3-5-9-17/h3-11,15-16H,2,12-14H2,1H3,(H,25,26)(H2,22,23,27). The van der Waals surface area contributed by atoms with E-state index in [0.717, 1.165) is 12.8 Å². The largest absolute Gasteiger partial charge is 0.480 e. The molecule has 0 bridgehead atoms. The van der Waals surface area contributed by atoms with Crippen LogP contribution in [0.4, 0.5) is 10.5 Å². The number of carbonyl (C=O) groups is 2. The summed E-state index contributed by atoms with van der Waals surface area (Å²) in [6, 6.07) is 16.6. The minimum Gasteiger partial charge on any atom is -0.480 e. The number of hydrogen-bond acceptors (Lipinski definition) is 4. The van der Waals surface area contributed by atoms with Crippen molar-refractivity contribution in [2.45, 2.75) is 31.8 Å². The molecule has 0 spiro atoms. The predicted molar refractivity (Wildman–Crippen MR) is 107 cm³/mol. The number of likely N-dealkylation sites (N-methyl/N-ethyl adjacent to an activating group) is 1. The molecule has 7 nitrogen and oxygen atoms in total. The fraction of sp³-hybridized carbons (Fsp3) is 0.333. The smallest absolute Gasteiger partial charge is 0.319 e. The van der Waals surface area contributed by atoms with Crippen molar-refractivity contribution in [3.8, 4) is 11.5 Å². The minimum absolute atomic E-state index is 0.0320. The number of nitrogens with one attached hydrogen (secondary N) is 2. The van der Waals surface area contributed by atoms with Gasteiger partial charge in [0, 0.05) is 12.1 Å². The summed E-state index contributed by atoms with van der Waals surface area (Å²) in [6.45, 7) is 2.66. The van der Waals surface area contributed by atoms with Crippen molar-refractivity contribution in [2.24, 2.45) is 0 Å². The van der Waals surface area contributed by atoms with Gasteiger partial charge in [-0.2, -0.15) is 0 Å². The predicted octanol–water partition coefficient (Wildman–Crippen LogP) is 3.54. The molecule has 2 amide bonds. The van der Waals surface area contributed by atoms with Crippen molar-refractivity contribution < 1.29 is 19.4 Å². The van der Waals surface area contributed by atoms with E-state index in [1.807, 2.05) is 54.3 Å². The van der Waals surface area contributed by atoms with E-state index in [-0.39, 0.29) is 24.7 Å². The van der Waals surface area contributed by atoms with Gasteiger partial charge in [-0.15, -0.1) is 0 Å². The highest BCUT2D eigenvalue weighted by Gasteiger charge is 2.34. The van der Waals surface area contributed by atoms with Gasteiger partial charge in [0.25, 0.3) is 0 Å². The Morgan fingerprint density at radius 3 is 2.46 bits per heavy atom. The minimum atomic E-state index is -0.828. The maximum absolute atomic E-state index is 12.4. The number of benzene rings is 2. The molecule has 3 N–H and O–H groups in total. The van der Waals surface area contributed by atoms with Crippen molar-refractivity contribution in [2.75, 3.05) is 18.4 Å². The van der Waals surface area contributed by atoms with Crippen LogP contribution in [0.2, 0.25) is 0 Å². The van der Waals surface area contributed by atoms with Crippen LogP contribution in [0.15, 0.2) is 54.6 Å². The topological polar surface area (TPSA) is 90.9 Å². The fourth-order valence-corrected chi connectivity index (χ4v) is 3.29. The molecule has 1 saturated carbocycles. The molecular formula is C21H25N3O4. The number of nitrogens with zero attached hydrogens (tertiary/aromatic N) is 1. The lowest BCUT2D eigenvalue weighted by atomic mass is 9.85. The molecule has 28 heavy (non-hydrogen) atoms. The van der Waals surface area contributed by atoms with Crippen molar-refractivity contribution >= 4 is 17.7 Å². The number of carboxylic acids is 1. The molecule has 0 aromatic heterocycles. The highest BCUT2D eigenvalue weighted by atomic mass is 16.5. The van der Waals surface area contributed by atoms with Crippen LogP contribution < -0.4 is 15.4 Å². The third kappa shape index (κ3) is 5.23. The number of carbonyl (C=O) groups excluding carboxylic acids is 1. The van der Waals surface area contributed by atoms with E-state index in [1.165, 1.54) is 0 Å². The molecule has 2 aromatic carbocycles. The lowest BCUT2D eigenvalue weighted by molar-refractivity contribution is -0.139. The quantitative estimate of drug-likeness (QED) is 0.649. The monoisotopic (exact) mass is 383 g/mol. The summed E-state index contributed by atoms with van der Waals surface area (Å²) in [5.74, 6) is 0.428. The second-order valence-electron chi connectivity index (χ2n) is 6.79. The van der Waals surface area contributed by atoms with E-state index in [4.69, 9.17) is 9.84 Å². The first-order valence-electron chi connectivity index (χ1n) is 9.40. The molecule has 148 valence electrons. The number of amides is 2. The average Bonchev–Trinajstić information content (AvgIpc) is 2.65. The van der Waals surface area contributed by atoms with Crippen LogP contribution in [0.1, 0.15) is 19.8 Å². The maximum Gasteiger partial charge on any atom is 0.319 e. The Morgan fingerprint density at radius 1 is 1.11 bits per heavy atom. The second kappa shape index (κ2) is 9.23. The molecule has 7 heteroatoms. The van der Waals surface area contributed by atoms with Gasteiger partial charge >= 0.3 is 12.0 Å². The number of ether oxygens (including phenoxy) is 1. The van der Waals surface area contributed by atoms with E-state index in [0.29, 0.717) is 23.7 Å². The fourth-order valence-electron chi connectivity index (χ4n) is 3.29. The van der Waals surface area contributed by atoms with Gasteiger partial charge in [0.1, 0.15) is 5.75 Å². The first-order valence-corrected chi connectivity index (χ1v) is 9.40. The molecule has 1 aliphatic rings. The summed E-state index contributed by atoms with van der Waals surface area (Å²) in [7, 11) is 0. The Morgan fingerprint density at radius 2 is 1.79 bits per heavy atom. The molecule has 0 unspecified atom stereocenters. The number of hydrogen-bond donors (Lipinski definition) is 3. The normalized spacial score (nSPS) is 18.2. The SMILES string of the molecule is CCN(CC(=O)O)C1CC(NC(=O)Nc2ccccc2Oc2ccccc2)C1. The number of para-hydroxylation sites is 3. The first kappa shape index (κ1) is 19.7. The summed E-state index contributed by atoms with van der Waals surface area (Å²) in [5, 5.41) is 14.7. The van der Waals surface area contributed by atoms with E-state index >= 15 is 0 Å². The van der Waals surface area contributed by atoms with Gasteiger partial charge in [0.15, 0.2) is 5.75 Å². The van der Waals surface area contributed by atoms with Crippen molar-refractivity contribution in [3.63, 3.8) is 0 Å². The van der Waals surface area contributed by atoms with Gasteiger partial charge in [0.2, 0.25) is 0 Å². The van der Waals surface area contributed by atoms with Gasteiger partial charge in [-0.1, -0.05) is 37.3 Å². The Hall–Kier alpha value is -3.06. The Balaban J connectivity index is 1.52. The van der Waals surface area contributed by atoms with Crippen LogP contribution in [0.3, 0.4) is 0 Å². The maximum atomic E-state index is 12.4. The molecule has 1 aliphatic carbocycles. The van der Waals surface area contributed by atoms with Crippen LogP contribution in [-0.2, 0) is 4.79 Å². The lowest BCUT2D eigenvalue weighted by Crippen LogP contribution is -2.55. The van der Waals surface area contributed by atoms with Crippen molar-refractivity contribution in [1.82, 2.24) is 10.2 Å². The third-order valence-electron chi connectivity index (χ3n) is 4.82. The van der Waals surface area contributed by atoms with E-state index in [1.54, 1.807) is 12.1 Å². The van der Waals surface area contributed by atoms with Crippen molar-refractivity contribution in [3.05, 3.63) is 54.6 Å². The summed E-state index contributed by atoms with van der Waals surface area (Å²) in [6.07, 6.45) is 1.49. The zero-order chi connectivity index (χ0) is 19.9. The molecule has 0 heterocycles. The van der Waals surface area contributed by atoms with Crippen LogP contribution >= 0.6 is 0 Å². The van der Waals surface area contributed by atoms with Crippen molar-refractivity contribution in [1.29, 1.82) is 0 Å². The summed E-state index contributed by atoms with van der Waals surface area (Å²) in [5.41, 5.74) is 0.584. The molecule has 0 radical (unpaired) electrons. The van der Waals surface area contributed by atoms with Crippen LogP contribution in [0.5, 0.6) is 11.5 Å². The highest BCUT2D eigenvalue weighted by molar-refractivity contribution is 5.91. The zero-order valence-corrected chi connectivity index (χ0v) is 15.8. The molecule has 3 rings (SSSR count). The summed E-state index contributed by atoms with van der Waals surface area (Å²) in [4.78, 5) is 25.2. The van der Waals surface area contributed by atoms with Crippen LogP contribution in [-0.4, -0.2) is 47.2 Å². The van der Waals surface area contributed by atoms with Gasteiger partial charge in [0.05, 0.1) is 12.2 Å². The van der Waals surface area contributed by atoms with E-state index < -0.39 is 5.97 Å². The summed E-state index contributed by atoms with van der Waals surface area (Å²) < 4.78 is 5.85. The number of carboxylic acid groups (broad SMARTS) is 1. The third-order valence-corrected chi connectivity index (χ3v) is 4.82. The lowest BCUT2D eigenvalue weighted by Gasteiger charge is -2.42. The number of rotatable bonds is 8. The first-order chi connectivity index (χ1) is 13.5. The van der Waals surface area contributed by atoms with E-state index in [9.17, 15) is 9.59 Å². The number of aliphatic carboxylic acids is 1. The molecular weight excluding hydrogens is 358 g/mol. The van der Waals surface area contributed by atoms with Gasteiger partial charge in [-0.3, -0.25) is 9.69 Å². The highest BCUT2D eigenvalue weighted by Crippen LogP contribution is 2.30. The Bertz CT molecular complexity index is 806. The zero-order valence-electron chi connectivity index (χ0n) is 15.8. The second-order valence-corrected chi connectivity index (χ2v) is 6.79. The number of urea groups is 1.